The summed E-state index contributed by atoms with van der Waals surface area (Å²) in [7, 11) is 1.32. The van der Waals surface area contributed by atoms with Crippen molar-refractivity contribution in [2.24, 2.45) is 0 Å². The predicted octanol–water partition coefficient (Wildman–Crippen LogP) is 4.12. The van der Waals surface area contributed by atoms with Gasteiger partial charge in [0.1, 0.15) is 0 Å². The van der Waals surface area contributed by atoms with Crippen LogP contribution in [0.4, 0.5) is 0 Å². The fraction of sp³-hybridized carbons (Fsp3) is 0.269. The quantitative estimate of drug-likeness (QED) is 0.403. The van der Waals surface area contributed by atoms with Crippen LogP contribution in [0.3, 0.4) is 0 Å². The second-order valence-electron chi connectivity index (χ2n) is 8.50. The number of hydrogen-bond acceptors (Lipinski definition) is 7. The molecule has 3 heterocycles. The Morgan fingerprint density at radius 2 is 1.71 bits per heavy atom. The standard InChI is InChI=1S/C26H25N5O4/c1-17-12-13-19(24-29-22(26(33)34-2)23(35-24)18-8-4-3-5-9-18)16-30(17)25(32)20-10-6-7-11-21(20)31-27-14-15-28-31/h3-11,14-15,17,19H,12-13,16H2,1-2H3/t17-,19-/m1/s1. The van der Waals surface area contributed by atoms with E-state index in [1.165, 1.54) is 11.9 Å². The number of carbonyl (C=O) groups is 2. The van der Waals surface area contributed by atoms with Gasteiger partial charge in [-0.3, -0.25) is 4.79 Å². The lowest BCUT2D eigenvalue weighted by Crippen LogP contribution is -2.45. The van der Waals surface area contributed by atoms with Crippen LogP contribution >= 0.6 is 0 Å². The van der Waals surface area contributed by atoms with E-state index in [-0.39, 0.29) is 23.6 Å². The highest BCUT2D eigenvalue weighted by Crippen LogP contribution is 2.35. The van der Waals surface area contributed by atoms with Crippen LogP contribution in [-0.4, -0.2) is 56.5 Å². The van der Waals surface area contributed by atoms with E-state index >= 15 is 0 Å². The van der Waals surface area contributed by atoms with E-state index in [1.807, 2.05) is 60.4 Å². The zero-order valence-corrected chi connectivity index (χ0v) is 19.5. The van der Waals surface area contributed by atoms with Gasteiger partial charge in [-0.05, 0) is 31.9 Å². The Morgan fingerprint density at radius 3 is 2.46 bits per heavy atom. The van der Waals surface area contributed by atoms with E-state index in [0.717, 1.165) is 18.4 Å². The van der Waals surface area contributed by atoms with Gasteiger partial charge >= 0.3 is 5.97 Å². The molecule has 0 saturated carbocycles. The number of benzene rings is 2. The van der Waals surface area contributed by atoms with Gasteiger partial charge in [-0.25, -0.2) is 9.78 Å². The Kier molecular flexibility index (Phi) is 6.13. The van der Waals surface area contributed by atoms with E-state index in [2.05, 4.69) is 15.2 Å². The Labute approximate surface area is 202 Å². The van der Waals surface area contributed by atoms with Crippen LogP contribution in [0.2, 0.25) is 0 Å². The minimum Gasteiger partial charge on any atom is -0.464 e. The highest BCUT2D eigenvalue weighted by molar-refractivity contribution is 5.98. The van der Waals surface area contributed by atoms with Crippen LogP contribution in [0.5, 0.6) is 0 Å². The average molecular weight is 472 g/mol. The van der Waals surface area contributed by atoms with Gasteiger partial charge in [0.25, 0.3) is 5.91 Å². The largest absolute Gasteiger partial charge is 0.464 e. The van der Waals surface area contributed by atoms with Crippen molar-refractivity contribution in [3.63, 3.8) is 0 Å². The third kappa shape index (κ3) is 4.32. The average Bonchev–Trinajstić information content (AvgIpc) is 3.60. The summed E-state index contributed by atoms with van der Waals surface area (Å²) in [6.07, 6.45) is 4.71. The molecule has 1 fully saturated rings. The number of nitrogens with zero attached hydrogens (tertiary/aromatic N) is 5. The van der Waals surface area contributed by atoms with Crippen molar-refractivity contribution >= 4 is 11.9 Å². The fourth-order valence-electron chi connectivity index (χ4n) is 4.45. The number of carbonyl (C=O) groups excluding carboxylic acids is 2. The second kappa shape index (κ2) is 9.54. The van der Waals surface area contributed by atoms with Crippen molar-refractivity contribution in [1.82, 2.24) is 24.9 Å². The Hall–Kier alpha value is -4.27. The number of aromatic nitrogens is 4. The van der Waals surface area contributed by atoms with Gasteiger partial charge in [0, 0.05) is 18.2 Å². The zero-order valence-electron chi connectivity index (χ0n) is 19.5. The van der Waals surface area contributed by atoms with Crippen molar-refractivity contribution < 1.29 is 18.7 Å². The summed E-state index contributed by atoms with van der Waals surface area (Å²) in [5.74, 6) is -0.0317. The van der Waals surface area contributed by atoms with E-state index in [1.54, 1.807) is 18.5 Å². The van der Waals surface area contributed by atoms with Gasteiger partial charge in [0.2, 0.25) is 5.89 Å². The Bertz CT molecular complexity index is 1330. The van der Waals surface area contributed by atoms with Gasteiger partial charge in [0.05, 0.1) is 36.7 Å². The van der Waals surface area contributed by atoms with Crippen molar-refractivity contribution in [3.8, 4) is 17.0 Å². The van der Waals surface area contributed by atoms with Crippen molar-refractivity contribution in [2.45, 2.75) is 31.7 Å². The molecular weight excluding hydrogens is 446 g/mol. The van der Waals surface area contributed by atoms with Crippen LogP contribution in [-0.2, 0) is 4.74 Å². The number of likely N-dealkylation sites (tertiary alicyclic amines) is 1. The molecule has 0 aliphatic carbocycles. The molecule has 2 atom stereocenters. The molecule has 35 heavy (non-hydrogen) atoms. The highest BCUT2D eigenvalue weighted by Gasteiger charge is 2.35. The number of amides is 1. The first-order chi connectivity index (χ1) is 17.1. The maximum Gasteiger partial charge on any atom is 0.360 e. The van der Waals surface area contributed by atoms with Crippen LogP contribution in [0.1, 0.15) is 52.4 Å². The van der Waals surface area contributed by atoms with E-state index in [0.29, 0.717) is 29.4 Å². The number of methoxy groups -OCH3 is 1. The number of ether oxygens (including phenoxy) is 1. The molecule has 2 aromatic heterocycles. The number of piperidine rings is 1. The lowest BCUT2D eigenvalue weighted by Gasteiger charge is -2.37. The summed E-state index contributed by atoms with van der Waals surface area (Å²) in [5.41, 5.74) is 2.01. The number of esters is 1. The van der Waals surface area contributed by atoms with Crippen LogP contribution in [0.25, 0.3) is 17.0 Å². The highest BCUT2D eigenvalue weighted by atomic mass is 16.5. The summed E-state index contributed by atoms with van der Waals surface area (Å²) in [4.78, 5) is 33.9. The number of oxazole rings is 1. The molecule has 178 valence electrons. The molecule has 4 aromatic rings. The first-order valence-corrected chi connectivity index (χ1v) is 11.5. The van der Waals surface area contributed by atoms with Crippen molar-refractivity contribution in [1.29, 1.82) is 0 Å². The molecule has 1 aliphatic heterocycles. The molecule has 9 nitrogen and oxygen atoms in total. The number of rotatable bonds is 5. The van der Waals surface area contributed by atoms with E-state index in [4.69, 9.17) is 9.15 Å². The molecule has 9 heteroatoms. The van der Waals surface area contributed by atoms with Crippen molar-refractivity contribution in [2.75, 3.05) is 13.7 Å². The molecule has 5 rings (SSSR count). The van der Waals surface area contributed by atoms with Gasteiger partial charge in [0.15, 0.2) is 11.5 Å². The summed E-state index contributed by atoms with van der Waals surface area (Å²) in [5, 5.41) is 8.38. The smallest absolute Gasteiger partial charge is 0.360 e. The molecule has 0 spiro atoms. The van der Waals surface area contributed by atoms with E-state index < -0.39 is 5.97 Å². The fourth-order valence-corrected chi connectivity index (χ4v) is 4.45. The summed E-state index contributed by atoms with van der Waals surface area (Å²) in [6.45, 7) is 2.45. The summed E-state index contributed by atoms with van der Waals surface area (Å²) in [6, 6.07) is 16.7. The SMILES string of the molecule is COC(=O)c1nc([C@@H]2CC[C@@H](C)N(C(=O)c3ccccc3-n3nccn3)C2)oc1-c1ccccc1. The maximum absolute atomic E-state index is 13.7. The lowest BCUT2D eigenvalue weighted by molar-refractivity contribution is 0.0583. The normalized spacial score (nSPS) is 17.8. The van der Waals surface area contributed by atoms with Gasteiger partial charge in [-0.2, -0.15) is 15.0 Å². The molecular formula is C26H25N5O4. The second-order valence-corrected chi connectivity index (χ2v) is 8.50. The minimum absolute atomic E-state index is 0.0287. The minimum atomic E-state index is -0.559. The van der Waals surface area contributed by atoms with Gasteiger partial charge in [-0.15, -0.1) is 0 Å². The monoisotopic (exact) mass is 471 g/mol. The topological polar surface area (TPSA) is 103 Å². The lowest BCUT2D eigenvalue weighted by atomic mass is 9.92. The zero-order chi connectivity index (χ0) is 24.4. The van der Waals surface area contributed by atoms with E-state index in [9.17, 15) is 9.59 Å². The molecule has 0 N–H and O–H groups in total. The van der Waals surface area contributed by atoms with Crippen molar-refractivity contribution in [3.05, 3.63) is 84.1 Å². The van der Waals surface area contributed by atoms with Gasteiger partial charge in [-0.1, -0.05) is 42.5 Å². The first kappa shape index (κ1) is 22.5. The third-order valence-corrected chi connectivity index (χ3v) is 6.32. The molecule has 0 unspecified atom stereocenters. The Morgan fingerprint density at radius 1 is 1.00 bits per heavy atom. The Balaban J connectivity index is 1.46. The molecule has 1 saturated heterocycles. The van der Waals surface area contributed by atoms with Gasteiger partial charge < -0.3 is 14.1 Å². The number of para-hydroxylation sites is 1. The molecule has 1 aliphatic rings. The maximum atomic E-state index is 13.7. The first-order valence-electron chi connectivity index (χ1n) is 11.5. The van der Waals surface area contributed by atoms with Crippen LogP contribution in [0.15, 0.2) is 71.4 Å². The number of hydrogen-bond donors (Lipinski definition) is 0. The molecule has 0 radical (unpaired) electrons. The predicted molar refractivity (Wildman–Crippen MR) is 127 cm³/mol. The summed E-state index contributed by atoms with van der Waals surface area (Å²) < 4.78 is 11.1. The summed E-state index contributed by atoms with van der Waals surface area (Å²) >= 11 is 0. The molecule has 1 amide bonds. The molecule has 2 aromatic carbocycles. The third-order valence-electron chi connectivity index (χ3n) is 6.32. The van der Waals surface area contributed by atoms with Crippen LogP contribution < -0.4 is 0 Å². The molecule has 0 bridgehead atoms. The van der Waals surface area contributed by atoms with Crippen LogP contribution in [0, 0.1) is 0 Å².